The Labute approximate surface area is 374 Å². The predicted molar refractivity (Wildman–Crippen MR) is 270 cm³/mol. The maximum atomic E-state index is 2.42. The lowest BCUT2D eigenvalue weighted by Gasteiger charge is -2.34. The van der Waals surface area contributed by atoms with Gasteiger partial charge in [-0.15, -0.1) is 0 Å². The molecule has 0 spiro atoms. The van der Waals surface area contributed by atoms with Gasteiger partial charge < -0.3 is 4.90 Å². The molecule has 0 bridgehead atoms. The lowest BCUT2D eigenvalue weighted by atomic mass is 9.68. The highest BCUT2D eigenvalue weighted by Crippen LogP contribution is 2.57. The Bertz CT molecular complexity index is 3430. The normalized spacial score (nSPS) is 12.5. The molecule has 0 saturated heterocycles. The van der Waals surface area contributed by atoms with Gasteiger partial charge >= 0.3 is 0 Å². The van der Waals surface area contributed by atoms with Crippen molar-refractivity contribution in [2.24, 2.45) is 0 Å². The summed E-state index contributed by atoms with van der Waals surface area (Å²) in [4.78, 5) is 2.41. The maximum absolute atomic E-state index is 2.42. The van der Waals surface area contributed by atoms with Crippen LogP contribution < -0.4 is 4.90 Å². The molecule has 0 saturated carbocycles. The van der Waals surface area contributed by atoms with Gasteiger partial charge in [0.05, 0.1) is 5.41 Å². The van der Waals surface area contributed by atoms with Crippen molar-refractivity contribution in [3.8, 4) is 44.5 Å². The summed E-state index contributed by atoms with van der Waals surface area (Å²) in [5.74, 6) is 0. The average Bonchev–Trinajstić information content (AvgIpc) is 3.68. The van der Waals surface area contributed by atoms with Gasteiger partial charge in [0.2, 0.25) is 0 Å². The molecule has 1 nitrogen and oxygen atoms in total. The molecule has 1 heteroatoms. The molecular weight excluding hydrogens is 771 g/mol. The largest absolute Gasteiger partial charge is 0.310 e. The van der Waals surface area contributed by atoms with E-state index in [0.717, 1.165) is 22.6 Å². The highest BCUT2D eigenvalue weighted by molar-refractivity contribution is 6.22. The van der Waals surface area contributed by atoms with Crippen molar-refractivity contribution in [1.82, 2.24) is 0 Å². The average molecular weight is 814 g/mol. The maximum Gasteiger partial charge on any atom is 0.0713 e. The summed E-state index contributed by atoms with van der Waals surface area (Å²) in [5.41, 5.74) is 17.8. The minimum Gasteiger partial charge on any atom is -0.310 e. The van der Waals surface area contributed by atoms with Crippen LogP contribution in [0.15, 0.2) is 261 Å². The Morgan fingerprint density at radius 2 is 0.719 bits per heavy atom. The topological polar surface area (TPSA) is 3.24 Å². The molecule has 0 N–H and O–H groups in total. The molecule has 1 aliphatic carbocycles. The van der Waals surface area contributed by atoms with Gasteiger partial charge in [0, 0.05) is 17.1 Å². The third-order valence-corrected chi connectivity index (χ3v) is 13.3. The van der Waals surface area contributed by atoms with Crippen molar-refractivity contribution in [3.63, 3.8) is 0 Å². The molecular formula is C63H43N. The molecule has 0 aliphatic heterocycles. The lowest BCUT2D eigenvalue weighted by Crippen LogP contribution is -2.28. The highest BCUT2D eigenvalue weighted by atomic mass is 15.1. The number of benzene rings is 11. The fraction of sp³-hybridized carbons (Fsp3) is 0.0159. The Kier molecular flexibility index (Phi) is 9.13. The van der Waals surface area contributed by atoms with Crippen LogP contribution in [0.25, 0.3) is 66.1 Å². The van der Waals surface area contributed by atoms with Crippen molar-refractivity contribution in [3.05, 3.63) is 283 Å². The molecule has 11 aromatic carbocycles. The monoisotopic (exact) mass is 813 g/mol. The van der Waals surface area contributed by atoms with E-state index in [1.807, 2.05) is 0 Å². The lowest BCUT2D eigenvalue weighted by molar-refractivity contribution is 0.768. The van der Waals surface area contributed by atoms with Crippen LogP contribution in [0.1, 0.15) is 22.3 Å². The molecule has 11 aromatic rings. The Morgan fingerprint density at radius 3 is 1.39 bits per heavy atom. The van der Waals surface area contributed by atoms with Gasteiger partial charge in [0.15, 0.2) is 0 Å². The smallest absolute Gasteiger partial charge is 0.0713 e. The van der Waals surface area contributed by atoms with Crippen LogP contribution in [0.4, 0.5) is 17.1 Å². The summed E-state index contributed by atoms with van der Waals surface area (Å²) in [5, 5.41) is 5.01. The number of hydrogen-bond acceptors (Lipinski definition) is 1. The molecule has 0 amide bonds. The molecule has 0 fully saturated rings. The van der Waals surface area contributed by atoms with Gasteiger partial charge in [-0.1, -0.05) is 218 Å². The minimum absolute atomic E-state index is 0.454. The van der Waals surface area contributed by atoms with Crippen molar-refractivity contribution >= 4 is 38.6 Å². The zero-order chi connectivity index (χ0) is 42.5. The number of nitrogens with zero attached hydrogens (tertiary/aromatic N) is 1. The van der Waals surface area contributed by atoms with Crippen LogP contribution in [-0.4, -0.2) is 0 Å². The van der Waals surface area contributed by atoms with E-state index in [-0.39, 0.29) is 0 Å². The van der Waals surface area contributed by atoms with Crippen molar-refractivity contribution in [2.75, 3.05) is 4.90 Å². The van der Waals surface area contributed by atoms with E-state index in [1.165, 1.54) is 82.7 Å². The molecule has 0 aromatic heterocycles. The van der Waals surface area contributed by atoms with Gasteiger partial charge in [-0.05, 0) is 131 Å². The molecule has 0 radical (unpaired) electrons. The number of hydrogen-bond donors (Lipinski definition) is 0. The Hall–Kier alpha value is -8.26. The third-order valence-electron chi connectivity index (χ3n) is 13.3. The third kappa shape index (κ3) is 6.01. The number of rotatable bonds is 8. The van der Waals surface area contributed by atoms with Gasteiger partial charge in [-0.2, -0.15) is 0 Å². The minimum atomic E-state index is -0.454. The predicted octanol–water partition coefficient (Wildman–Crippen LogP) is 16.8. The summed E-state index contributed by atoms with van der Waals surface area (Å²) < 4.78 is 0. The Balaban J connectivity index is 1.05. The van der Waals surface area contributed by atoms with Crippen molar-refractivity contribution in [1.29, 1.82) is 0 Å². The SMILES string of the molecule is c1ccc(-c2c(-c3ccccc3)c3cc(-c4cccc(N(c5ccccc5)c5ccc6c(c5)-c5ccccc5C6(c5ccccc5)c5ccccc5)c4)ccc3c3ccccc23)cc1. The van der Waals surface area contributed by atoms with E-state index in [4.69, 9.17) is 0 Å². The molecule has 64 heavy (non-hydrogen) atoms. The van der Waals surface area contributed by atoms with Crippen LogP contribution in [0.2, 0.25) is 0 Å². The van der Waals surface area contributed by atoms with E-state index in [1.54, 1.807) is 0 Å². The number of fused-ring (bicyclic) bond motifs is 6. The molecule has 0 heterocycles. The second kappa shape index (κ2) is 15.6. The first-order valence-electron chi connectivity index (χ1n) is 22.2. The van der Waals surface area contributed by atoms with Gasteiger partial charge in [0.25, 0.3) is 0 Å². The molecule has 0 atom stereocenters. The second-order valence-electron chi connectivity index (χ2n) is 16.8. The fourth-order valence-corrected chi connectivity index (χ4v) is 10.6. The highest BCUT2D eigenvalue weighted by Gasteiger charge is 2.46. The van der Waals surface area contributed by atoms with Gasteiger partial charge in [-0.25, -0.2) is 0 Å². The van der Waals surface area contributed by atoms with Crippen LogP contribution in [-0.2, 0) is 5.41 Å². The zero-order valence-corrected chi connectivity index (χ0v) is 35.3. The fourth-order valence-electron chi connectivity index (χ4n) is 10.6. The molecule has 0 unspecified atom stereocenters. The number of para-hydroxylation sites is 1. The van der Waals surface area contributed by atoms with E-state index < -0.39 is 5.41 Å². The van der Waals surface area contributed by atoms with Crippen LogP contribution in [0.5, 0.6) is 0 Å². The first-order chi connectivity index (χ1) is 31.8. The summed E-state index contributed by atoms with van der Waals surface area (Å²) in [7, 11) is 0. The van der Waals surface area contributed by atoms with E-state index in [0.29, 0.717) is 0 Å². The zero-order valence-electron chi connectivity index (χ0n) is 35.3. The van der Waals surface area contributed by atoms with E-state index in [9.17, 15) is 0 Å². The van der Waals surface area contributed by atoms with Gasteiger partial charge in [0.1, 0.15) is 0 Å². The van der Waals surface area contributed by atoms with E-state index in [2.05, 4.69) is 266 Å². The van der Waals surface area contributed by atoms with Crippen molar-refractivity contribution < 1.29 is 0 Å². The molecule has 12 rings (SSSR count). The van der Waals surface area contributed by atoms with Crippen LogP contribution in [0, 0.1) is 0 Å². The number of anilines is 3. The molecule has 300 valence electrons. The van der Waals surface area contributed by atoms with E-state index >= 15 is 0 Å². The second-order valence-corrected chi connectivity index (χ2v) is 16.8. The van der Waals surface area contributed by atoms with Crippen LogP contribution >= 0.6 is 0 Å². The first kappa shape index (κ1) is 37.5. The summed E-state index contributed by atoms with van der Waals surface area (Å²) in [6.07, 6.45) is 0. The summed E-state index contributed by atoms with van der Waals surface area (Å²) in [6.45, 7) is 0. The van der Waals surface area contributed by atoms with Gasteiger partial charge in [-0.3, -0.25) is 0 Å². The van der Waals surface area contributed by atoms with Crippen molar-refractivity contribution in [2.45, 2.75) is 5.41 Å². The van der Waals surface area contributed by atoms with Crippen LogP contribution in [0.3, 0.4) is 0 Å². The Morgan fingerprint density at radius 1 is 0.250 bits per heavy atom. The quantitative estimate of drug-likeness (QED) is 0.138. The summed E-state index contributed by atoms with van der Waals surface area (Å²) in [6, 6.07) is 95.7. The first-order valence-corrected chi connectivity index (χ1v) is 22.2. The molecule has 1 aliphatic rings. The standard InChI is InChI=1S/C63H43N/c1-6-21-44(22-7-1)61-56-35-17-16-33-53(56)54-39-37-47(42-58(54)62(61)45-23-8-2-9-24-45)46-25-20-32-51(41-46)64(50-30-14-5-15-31-50)52-38-40-60-57(43-52)55-34-18-19-36-59(55)63(60,48-26-10-3-11-27-48)49-28-12-4-13-29-49/h1-43H. The summed E-state index contributed by atoms with van der Waals surface area (Å²) >= 11 is 0.